The van der Waals surface area contributed by atoms with E-state index in [-0.39, 0.29) is 29.6 Å². The zero-order chi connectivity index (χ0) is 21.9. The van der Waals surface area contributed by atoms with Gasteiger partial charge in [-0.2, -0.15) is 5.10 Å². The molecule has 1 heterocycles. The van der Waals surface area contributed by atoms with Crippen LogP contribution in [0.2, 0.25) is 0 Å². The highest BCUT2D eigenvalue weighted by atomic mass is 19.4. The molecule has 7 nitrogen and oxygen atoms in total. The number of rotatable bonds is 6. The Kier molecular flexibility index (Phi) is 5.86. The first-order valence-corrected chi connectivity index (χ1v) is 8.77. The minimum absolute atomic E-state index is 0.0114. The number of carbonyl (C=O) groups excluding carboxylic acids is 2. The number of esters is 1. The van der Waals surface area contributed by atoms with Crippen LogP contribution in [0.4, 0.5) is 13.2 Å². The Morgan fingerprint density at radius 3 is 2.47 bits per heavy atom. The van der Waals surface area contributed by atoms with Gasteiger partial charge in [0.1, 0.15) is 12.0 Å². The van der Waals surface area contributed by atoms with Gasteiger partial charge in [-0.3, -0.25) is 4.79 Å². The van der Waals surface area contributed by atoms with E-state index in [1.54, 1.807) is 25.1 Å². The molecule has 0 bridgehead atoms. The number of carbonyl (C=O) groups is 2. The number of alkyl halides is 3. The van der Waals surface area contributed by atoms with Crippen LogP contribution < -0.4 is 10.2 Å². The van der Waals surface area contributed by atoms with Crippen LogP contribution in [0.15, 0.2) is 47.3 Å². The van der Waals surface area contributed by atoms with Crippen molar-refractivity contribution >= 4 is 23.2 Å². The molecule has 0 aliphatic carbocycles. The van der Waals surface area contributed by atoms with E-state index in [0.29, 0.717) is 11.8 Å². The highest BCUT2D eigenvalue weighted by Crippen LogP contribution is 2.25. The maximum Gasteiger partial charge on any atom is 0.573 e. The number of halogens is 3. The normalized spacial score (nSPS) is 11.3. The third-order valence-electron chi connectivity index (χ3n) is 4.09. The molecule has 0 aliphatic heterocycles. The molecule has 3 aromatic rings. The molecule has 0 N–H and O–H groups in total. The molecule has 0 amide bonds. The lowest BCUT2D eigenvalue weighted by molar-refractivity contribution is -0.274. The largest absolute Gasteiger partial charge is 0.573 e. The molecule has 10 heteroatoms. The molecule has 30 heavy (non-hydrogen) atoms. The van der Waals surface area contributed by atoms with Crippen molar-refractivity contribution in [3.63, 3.8) is 0 Å². The number of ether oxygens (including phenoxy) is 2. The fourth-order valence-electron chi connectivity index (χ4n) is 2.92. The lowest BCUT2D eigenvalue weighted by atomic mass is 10.0. The minimum atomic E-state index is -4.84. The maximum atomic E-state index is 12.9. The van der Waals surface area contributed by atoms with Crippen molar-refractivity contribution in [3.05, 3.63) is 63.9 Å². The van der Waals surface area contributed by atoms with Crippen LogP contribution in [0.3, 0.4) is 0 Å². The zero-order valence-electron chi connectivity index (χ0n) is 15.6. The van der Waals surface area contributed by atoms with Gasteiger partial charge >= 0.3 is 12.3 Å². The van der Waals surface area contributed by atoms with E-state index < -0.39 is 29.2 Å². The smallest absolute Gasteiger partial charge is 0.461 e. The summed E-state index contributed by atoms with van der Waals surface area (Å²) in [4.78, 5) is 36.2. The molecule has 156 valence electrons. The number of hydrogen-bond acceptors (Lipinski definition) is 6. The van der Waals surface area contributed by atoms with Crippen LogP contribution in [-0.4, -0.2) is 35.0 Å². The monoisotopic (exact) mass is 420 g/mol. The lowest BCUT2D eigenvalue weighted by Crippen LogP contribution is -2.25. The zero-order valence-corrected chi connectivity index (χ0v) is 15.6. The fraction of sp³-hybridized carbons (Fsp3) is 0.200. The van der Waals surface area contributed by atoms with E-state index >= 15 is 0 Å². The van der Waals surface area contributed by atoms with Crippen molar-refractivity contribution < 1.29 is 32.2 Å². The Bertz CT molecular complexity index is 1150. The summed E-state index contributed by atoms with van der Waals surface area (Å²) in [5, 5.41) is 4.17. The van der Waals surface area contributed by atoms with E-state index in [9.17, 15) is 27.6 Å². The molecule has 2 aromatic carbocycles. The second-order valence-electron chi connectivity index (χ2n) is 6.03. The Hall–Kier alpha value is -3.69. The van der Waals surface area contributed by atoms with Crippen molar-refractivity contribution in [2.75, 3.05) is 6.61 Å². The van der Waals surface area contributed by atoms with Crippen molar-refractivity contribution in [1.82, 2.24) is 9.78 Å². The van der Waals surface area contributed by atoms with Gasteiger partial charge in [0.2, 0.25) is 11.1 Å². The average molecular weight is 420 g/mol. The molecular weight excluding hydrogens is 405 g/mol. The molecule has 0 saturated carbocycles. The molecule has 0 aliphatic rings. The molecule has 0 saturated heterocycles. The van der Waals surface area contributed by atoms with Crippen molar-refractivity contribution in [3.8, 4) is 11.4 Å². The van der Waals surface area contributed by atoms with E-state index in [1.165, 1.54) is 16.8 Å². The molecule has 0 fully saturated rings. The average Bonchev–Trinajstić information content (AvgIpc) is 2.68. The molecule has 1 aromatic heterocycles. The number of benzene rings is 2. The lowest BCUT2D eigenvalue weighted by Gasteiger charge is -2.14. The second kappa shape index (κ2) is 8.36. The van der Waals surface area contributed by atoms with Gasteiger partial charge in [0.05, 0.1) is 23.2 Å². The van der Waals surface area contributed by atoms with Gasteiger partial charge in [-0.1, -0.05) is 12.1 Å². The van der Waals surface area contributed by atoms with Gasteiger partial charge in [-0.15, -0.1) is 13.2 Å². The van der Waals surface area contributed by atoms with Crippen molar-refractivity contribution in [1.29, 1.82) is 0 Å². The van der Waals surface area contributed by atoms with Crippen LogP contribution in [0.1, 0.15) is 23.0 Å². The Morgan fingerprint density at radius 1 is 1.17 bits per heavy atom. The van der Waals surface area contributed by atoms with Gasteiger partial charge in [0, 0.05) is 6.42 Å². The predicted octanol–water partition coefficient (Wildman–Crippen LogP) is 3.20. The van der Waals surface area contributed by atoms with Crippen LogP contribution in [0.5, 0.6) is 5.75 Å². The summed E-state index contributed by atoms with van der Waals surface area (Å²) in [5.41, 5.74) is -0.279. The second-order valence-corrected chi connectivity index (χ2v) is 6.03. The van der Waals surface area contributed by atoms with Gasteiger partial charge in [-0.05, 0) is 42.8 Å². The predicted molar refractivity (Wildman–Crippen MR) is 99.7 cm³/mol. The summed E-state index contributed by atoms with van der Waals surface area (Å²) in [7, 11) is 0. The van der Waals surface area contributed by atoms with Crippen molar-refractivity contribution in [2.24, 2.45) is 0 Å². The number of aldehydes is 1. The summed E-state index contributed by atoms with van der Waals surface area (Å²) >= 11 is 0. The summed E-state index contributed by atoms with van der Waals surface area (Å²) in [5.74, 6) is -1.39. The highest BCUT2D eigenvalue weighted by molar-refractivity contribution is 5.93. The summed E-state index contributed by atoms with van der Waals surface area (Å²) in [6, 6.07) is 9.45. The van der Waals surface area contributed by atoms with Gasteiger partial charge in [0.25, 0.3) is 0 Å². The summed E-state index contributed by atoms with van der Waals surface area (Å²) in [6.45, 7) is 1.58. The Morgan fingerprint density at radius 2 is 1.87 bits per heavy atom. The summed E-state index contributed by atoms with van der Waals surface area (Å²) < 4.78 is 47.2. The number of hydrogen-bond donors (Lipinski definition) is 0. The standard InChI is InChI=1S/C20H15F3N2O5/c1-2-29-19(28)17-18(27)16-12(10-11-26)4-3-5-15(16)25(24-17)13-6-8-14(9-7-13)30-20(21,22)23/h3-9,11H,2,10H2,1H3. The first kappa shape index (κ1) is 21.0. The number of nitrogens with zero attached hydrogens (tertiary/aromatic N) is 2. The topological polar surface area (TPSA) is 87.5 Å². The third kappa shape index (κ3) is 4.32. The number of aromatic nitrogens is 2. The molecule has 0 unspecified atom stereocenters. The third-order valence-corrected chi connectivity index (χ3v) is 4.09. The highest BCUT2D eigenvalue weighted by Gasteiger charge is 2.31. The molecule has 0 spiro atoms. The molecular formula is C20H15F3N2O5. The van der Waals surface area contributed by atoms with Gasteiger partial charge in [0.15, 0.2) is 0 Å². The van der Waals surface area contributed by atoms with E-state index in [4.69, 9.17) is 4.74 Å². The van der Waals surface area contributed by atoms with Gasteiger partial charge in [-0.25, -0.2) is 9.48 Å². The quantitative estimate of drug-likeness (QED) is 0.450. The van der Waals surface area contributed by atoms with Crippen molar-refractivity contribution in [2.45, 2.75) is 19.7 Å². The van der Waals surface area contributed by atoms with Crippen LogP contribution in [0, 0.1) is 0 Å². The Balaban J connectivity index is 2.24. The fourth-order valence-corrected chi connectivity index (χ4v) is 2.92. The summed E-state index contributed by atoms with van der Waals surface area (Å²) in [6.07, 6.45) is -4.30. The first-order valence-electron chi connectivity index (χ1n) is 8.77. The maximum absolute atomic E-state index is 12.9. The Labute approximate surface area is 167 Å². The SMILES string of the molecule is CCOC(=O)c1nn(-c2ccc(OC(F)(F)F)cc2)c2cccc(CC=O)c2c1=O. The molecule has 0 radical (unpaired) electrons. The van der Waals surface area contributed by atoms with Gasteiger partial charge < -0.3 is 14.3 Å². The number of fused-ring (bicyclic) bond motifs is 1. The van der Waals surface area contributed by atoms with E-state index in [1.807, 2.05) is 0 Å². The van der Waals surface area contributed by atoms with E-state index in [0.717, 1.165) is 12.1 Å². The molecule has 3 rings (SSSR count). The first-order chi connectivity index (χ1) is 14.2. The van der Waals surface area contributed by atoms with Crippen LogP contribution in [0.25, 0.3) is 16.6 Å². The van der Waals surface area contributed by atoms with Crippen LogP contribution in [-0.2, 0) is 16.0 Å². The van der Waals surface area contributed by atoms with Crippen LogP contribution >= 0.6 is 0 Å². The van der Waals surface area contributed by atoms with E-state index in [2.05, 4.69) is 9.84 Å². The molecule has 0 atom stereocenters. The minimum Gasteiger partial charge on any atom is -0.461 e.